The van der Waals surface area contributed by atoms with Crippen LogP contribution in [0.3, 0.4) is 0 Å². The number of carbonyl (C=O) groups is 2. The molecule has 0 unspecified atom stereocenters. The molecule has 1 N–H and O–H groups in total. The van der Waals surface area contributed by atoms with Gasteiger partial charge in [-0.2, -0.15) is 0 Å². The molecule has 2 aliphatic rings. The van der Waals surface area contributed by atoms with Gasteiger partial charge in [0.15, 0.2) is 0 Å². The van der Waals surface area contributed by atoms with E-state index in [0.29, 0.717) is 16.8 Å². The SMILES string of the molecule is O=C(Nc1ccccc1C(=O)N1CCN(CC2CCCCC2)CC1)c1ccccc1Br. The van der Waals surface area contributed by atoms with Crippen molar-refractivity contribution < 1.29 is 9.59 Å². The Balaban J connectivity index is 1.38. The van der Waals surface area contributed by atoms with E-state index in [1.807, 2.05) is 35.2 Å². The Morgan fingerprint density at radius 1 is 0.871 bits per heavy atom. The first-order chi connectivity index (χ1) is 15.1. The highest BCUT2D eigenvalue weighted by Crippen LogP contribution is 2.25. The van der Waals surface area contributed by atoms with Crippen LogP contribution in [0.2, 0.25) is 0 Å². The summed E-state index contributed by atoms with van der Waals surface area (Å²) in [5.74, 6) is 0.578. The first-order valence-electron chi connectivity index (χ1n) is 11.3. The van der Waals surface area contributed by atoms with Gasteiger partial charge in [-0.1, -0.05) is 43.5 Å². The van der Waals surface area contributed by atoms with E-state index in [9.17, 15) is 9.59 Å². The van der Waals surface area contributed by atoms with Crippen LogP contribution in [-0.4, -0.2) is 54.3 Å². The van der Waals surface area contributed by atoms with E-state index in [0.717, 1.165) is 36.6 Å². The number of piperazine rings is 1. The summed E-state index contributed by atoms with van der Waals surface area (Å²) in [7, 11) is 0. The molecule has 164 valence electrons. The maximum atomic E-state index is 13.2. The molecule has 2 fully saturated rings. The minimum absolute atomic E-state index is 0.0136. The van der Waals surface area contributed by atoms with Crippen LogP contribution in [0.5, 0.6) is 0 Å². The van der Waals surface area contributed by atoms with Crippen molar-refractivity contribution in [3.63, 3.8) is 0 Å². The van der Waals surface area contributed by atoms with Gasteiger partial charge in [0.1, 0.15) is 0 Å². The highest BCUT2D eigenvalue weighted by Gasteiger charge is 2.26. The van der Waals surface area contributed by atoms with E-state index in [1.54, 1.807) is 18.2 Å². The Morgan fingerprint density at radius 2 is 1.52 bits per heavy atom. The van der Waals surface area contributed by atoms with Crippen molar-refractivity contribution in [3.8, 4) is 0 Å². The van der Waals surface area contributed by atoms with Crippen LogP contribution in [0.15, 0.2) is 53.0 Å². The van der Waals surface area contributed by atoms with Crippen molar-refractivity contribution in [2.75, 3.05) is 38.0 Å². The van der Waals surface area contributed by atoms with Gasteiger partial charge in [-0.3, -0.25) is 14.5 Å². The topological polar surface area (TPSA) is 52.7 Å². The van der Waals surface area contributed by atoms with Gasteiger partial charge in [-0.15, -0.1) is 0 Å². The molecule has 5 nitrogen and oxygen atoms in total. The normalized spacial score (nSPS) is 18.0. The molecule has 31 heavy (non-hydrogen) atoms. The van der Waals surface area contributed by atoms with Crippen LogP contribution < -0.4 is 5.32 Å². The van der Waals surface area contributed by atoms with Gasteiger partial charge in [-0.05, 0) is 59.0 Å². The molecule has 0 aromatic heterocycles. The lowest BCUT2D eigenvalue weighted by Crippen LogP contribution is -2.50. The molecule has 4 rings (SSSR count). The summed E-state index contributed by atoms with van der Waals surface area (Å²) in [4.78, 5) is 30.4. The van der Waals surface area contributed by atoms with Crippen molar-refractivity contribution in [3.05, 3.63) is 64.1 Å². The molecule has 0 spiro atoms. The van der Waals surface area contributed by atoms with Gasteiger partial charge in [0.2, 0.25) is 0 Å². The Kier molecular flexibility index (Phi) is 7.41. The van der Waals surface area contributed by atoms with Crippen molar-refractivity contribution in [1.29, 1.82) is 0 Å². The molecule has 1 saturated carbocycles. The lowest BCUT2D eigenvalue weighted by molar-refractivity contribution is 0.0607. The summed E-state index contributed by atoms with van der Waals surface area (Å²) in [6.07, 6.45) is 6.82. The first-order valence-corrected chi connectivity index (χ1v) is 12.1. The average molecular weight is 484 g/mol. The van der Waals surface area contributed by atoms with Crippen LogP contribution >= 0.6 is 15.9 Å². The van der Waals surface area contributed by atoms with Gasteiger partial charge in [0.05, 0.1) is 16.8 Å². The summed E-state index contributed by atoms with van der Waals surface area (Å²) < 4.78 is 0.727. The van der Waals surface area contributed by atoms with Crippen LogP contribution in [0.25, 0.3) is 0 Å². The Hall–Kier alpha value is -2.18. The number of rotatable bonds is 5. The number of anilines is 1. The molecule has 0 radical (unpaired) electrons. The van der Waals surface area contributed by atoms with E-state index in [2.05, 4.69) is 26.1 Å². The number of carbonyl (C=O) groups excluding carboxylic acids is 2. The number of benzene rings is 2. The highest BCUT2D eigenvalue weighted by atomic mass is 79.9. The predicted octanol–water partition coefficient (Wildman–Crippen LogP) is 5.04. The first kappa shape index (κ1) is 22.0. The van der Waals surface area contributed by atoms with E-state index >= 15 is 0 Å². The summed E-state index contributed by atoms with van der Waals surface area (Å²) in [5.41, 5.74) is 1.64. The minimum atomic E-state index is -0.231. The van der Waals surface area contributed by atoms with Gasteiger partial charge in [0.25, 0.3) is 11.8 Å². The van der Waals surface area contributed by atoms with Gasteiger partial charge in [-0.25, -0.2) is 0 Å². The Morgan fingerprint density at radius 3 is 2.23 bits per heavy atom. The second kappa shape index (κ2) is 10.4. The molecule has 2 aromatic carbocycles. The smallest absolute Gasteiger partial charge is 0.256 e. The fraction of sp³-hybridized carbons (Fsp3) is 0.440. The quantitative estimate of drug-likeness (QED) is 0.647. The van der Waals surface area contributed by atoms with E-state index in [-0.39, 0.29) is 11.8 Å². The monoisotopic (exact) mass is 483 g/mol. The zero-order valence-electron chi connectivity index (χ0n) is 17.9. The third-order valence-corrected chi connectivity index (χ3v) is 7.12. The fourth-order valence-electron chi connectivity index (χ4n) is 4.65. The van der Waals surface area contributed by atoms with Crippen LogP contribution in [-0.2, 0) is 0 Å². The molecule has 0 bridgehead atoms. The number of para-hydroxylation sites is 1. The van der Waals surface area contributed by atoms with E-state index < -0.39 is 0 Å². The number of hydrogen-bond acceptors (Lipinski definition) is 3. The molecule has 1 aliphatic carbocycles. The molecule has 1 heterocycles. The van der Waals surface area contributed by atoms with Gasteiger partial charge < -0.3 is 10.2 Å². The van der Waals surface area contributed by atoms with Gasteiger partial charge in [0, 0.05) is 37.2 Å². The molecule has 2 amide bonds. The Labute approximate surface area is 192 Å². The average Bonchev–Trinajstić information content (AvgIpc) is 2.80. The van der Waals surface area contributed by atoms with Crippen LogP contribution in [0.1, 0.15) is 52.8 Å². The summed E-state index contributed by atoms with van der Waals surface area (Å²) in [6, 6.07) is 14.6. The third-order valence-electron chi connectivity index (χ3n) is 6.42. The second-order valence-corrected chi connectivity index (χ2v) is 9.43. The van der Waals surface area contributed by atoms with Crippen LogP contribution in [0.4, 0.5) is 5.69 Å². The zero-order chi connectivity index (χ0) is 21.6. The van der Waals surface area contributed by atoms with E-state index in [1.165, 1.54) is 38.6 Å². The molecule has 1 saturated heterocycles. The third kappa shape index (κ3) is 5.55. The maximum absolute atomic E-state index is 13.2. The van der Waals surface area contributed by atoms with Crippen molar-refractivity contribution >= 4 is 33.4 Å². The van der Waals surface area contributed by atoms with Gasteiger partial charge >= 0.3 is 0 Å². The number of nitrogens with one attached hydrogen (secondary N) is 1. The summed E-state index contributed by atoms with van der Waals surface area (Å²) in [5, 5.41) is 2.92. The summed E-state index contributed by atoms with van der Waals surface area (Å²) >= 11 is 3.42. The van der Waals surface area contributed by atoms with Crippen molar-refractivity contribution in [1.82, 2.24) is 9.80 Å². The molecular formula is C25H30BrN3O2. The number of nitrogens with zero attached hydrogens (tertiary/aromatic N) is 2. The lowest BCUT2D eigenvalue weighted by Gasteiger charge is -2.37. The zero-order valence-corrected chi connectivity index (χ0v) is 19.4. The number of amides is 2. The highest BCUT2D eigenvalue weighted by molar-refractivity contribution is 9.10. The second-order valence-electron chi connectivity index (χ2n) is 8.58. The standard InChI is InChI=1S/C25H30BrN3O2/c26-22-12-6-4-10-20(22)24(30)27-23-13-7-5-11-21(23)25(31)29-16-14-28(15-17-29)18-19-8-2-1-3-9-19/h4-7,10-13,19H,1-3,8-9,14-18H2,(H,27,30). The molecular weight excluding hydrogens is 454 g/mol. The minimum Gasteiger partial charge on any atom is -0.336 e. The molecule has 6 heteroatoms. The molecule has 1 aliphatic heterocycles. The van der Waals surface area contributed by atoms with Crippen LogP contribution in [0, 0.1) is 5.92 Å². The molecule has 0 atom stereocenters. The largest absolute Gasteiger partial charge is 0.336 e. The maximum Gasteiger partial charge on any atom is 0.256 e. The summed E-state index contributed by atoms with van der Waals surface area (Å²) in [6.45, 7) is 4.48. The van der Waals surface area contributed by atoms with E-state index in [4.69, 9.17) is 0 Å². The Bertz CT molecular complexity index is 918. The fourth-order valence-corrected chi connectivity index (χ4v) is 5.12. The predicted molar refractivity (Wildman–Crippen MR) is 127 cm³/mol. The lowest BCUT2D eigenvalue weighted by atomic mass is 9.89. The van der Waals surface area contributed by atoms with Crippen molar-refractivity contribution in [2.24, 2.45) is 5.92 Å². The number of halogens is 1. The number of hydrogen-bond donors (Lipinski definition) is 1. The van der Waals surface area contributed by atoms with Crippen molar-refractivity contribution in [2.45, 2.75) is 32.1 Å². The molecule has 2 aromatic rings.